The molecule has 1 aliphatic carbocycles. The molecule has 0 spiro atoms. The minimum absolute atomic E-state index is 0.0261. The fourth-order valence-electron chi connectivity index (χ4n) is 3.08. The summed E-state index contributed by atoms with van der Waals surface area (Å²) in [5.74, 6) is -0.951. The topological polar surface area (TPSA) is 79.2 Å². The molecule has 0 aliphatic heterocycles. The molecule has 1 heterocycles. The van der Waals surface area contributed by atoms with E-state index in [4.69, 9.17) is 4.74 Å². The summed E-state index contributed by atoms with van der Waals surface area (Å²) in [6, 6.07) is 9.35. The molecule has 1 aromatic carbocycles. The minimum atomic E-state index is -0.647. The highest BCUT2D eigenvalue weighted by atomic mass is 32.1. The van der Waals surface area contributed by atoms with Crippen molar-refractivity contribution < 1.29 is 14.3 Å². The first-order valence-corrected chi connectivity index (χ1v) is 9.57. The van der Waals surface area contributed by atoms with Gasteiger partial charge in [-0.05, 0) is 38.2 Å². The van der Waals surface area contributed by atoms with Gasteiger partial charge in [-0.25, -0.2) is 4.79 Å². The molecule has 6 heteroatoms. The van der Waals surface area contributed by atoms with Crippen molar-refractivity contribution in [2.45, 2.75) is 32.6 Å². The summed E-state index contributed by atoms with van der Waals surface area (Å²) in [6.07, 6.45) is 5.20. The number of fused-ring (bicyclic) bond motifs is 1. The number of esters is 1. The summed E-state index contributed by atoms with van der Waals surface area (Å²) in [5.41, 5.74) is 3.18. The van der Waals surface area contributed by atoms with E-state index >= 15 is 0 Å². The lowest BCUT2D eigenvalue weighted by Crippen LogP contribution is -2.15. The highest BCUT2D eigenvalue weighted by Gasteiger charge is 2.23. The van der Waals surface area contributed by atoms with Crippen LogP contribution in [-0.4, -0.2) is 18.9 Å². The molecule has 1 aliphatic rings. The molecule has 0 bridgehead atoms. The van der Waals surface area contributed by atoms with Crippen molar-refractivity contribution in [2.75, 3.05) is 12.4 Å². The van der Waals surface area contributed by atoms with Gasteiger partial charge in [0.15, 0.2) is 5.78 Å². The Bertz CT molecular complexity index is 949. The average Bonchev–Trinajstić information content (AvgIpc) is 3.04. The number of carbonyl (C=O) groups is 2. The van der Waals surface area contributed by atoms with Gasteiger partial charge in [0, 0.05) is 16.5 Å². The van der Waals surface area contributed by atoms with Gasteiger partial charge in [0.1, 0.15) is 16.8 Å². The smallest absolute Gasteiger partial charge is 0.354 e. The third kappa shape index (κ3) is 4.09. The summed E-state index contributed by atoms with van der Waals surface area (Å²) in [5, 5.41) is 13.1. The molecule has 138 valence electrons. The average molecular weight is 380 g/mol. The SMILES string of the molecule is COC(=O)C(=CC(=O)c1ccc(C)cc1)Nc1sc2c(c1C#N)CCCC2. The van der Waals surface area contributed by atoms with Crippen molar-refractivity contribution in [3.8, 4) is 6.07 Å². The molecule has 1 N–H and O–H groups in total. The molecule has 0 atom stereocenters. The zero-order valence-corrected chi connectivity index (χ0v) is 16.1. The Morgan fingerprint density at radius 1 is 1.22 bits per heavy atom. The van der Waals surface area contributed by atoms with Crippen LogP contribution in [-0.2, 0) is 22.4 Å². The van der Waals surface area contributed by atoms with E-state index in [0.29, 0.717) is 16.1 Å². The zero-order chi connectivity index (χ0) is 19.4. The molecule has 0 radical (unpaired) electrons. The largest absolute Gasteiger partial charge is 0.464 e. The number of nitriles is 1. The van der Waals surface area contributed by atoms with Crippen LogP contribution in [0.25, 0.3) is 0 Å². The lowest BCUT2D eigenvalue weighted by atomic mass is 9.96. The first kappa shape index (κ1) is 18.9. The predicted octanol–water partition coefficient (Wildman–Crippen LogP) is 4.16. The van der Waals surface area contributed by atoms with Gasteiger partial charge in [-0.15, -0.1) is 11.3 Å². The molecular formula is C21H20N2O3S. The van der Waals surface area contributed by atoms with E-state index < -0.39 is 5.97 Å². The number of nitrogens with one attached hydrogen (secondary N) is 1. The Hall–Kier alpha value is -2.91. The molecule has 3 rings (SSSR count). The minimum Gasteiger partial charge on any atom is -0.464 e. The molecule has 0 saturated heterocycles. The monoisotopic (exact) mass is 380 g/mol. The van der Waals surface area contributed by atoms with Gasteiger partial charge in [0.25, 0.3) is 0 Å². The standard InChI is InChI=1S/C21H20N2O3S/c1-13-7-9-14(10-8-13)18(24)11-17(21(25)26-2)23-20-16(12-22)15-5-3-4-6-19(15)27-20/h7-11,23H,3-6H2,1-2H3. The number of methoxy groups -OCH3 is 1. The third-order valence-electron chi connectivity index (χ3n) is 4.55. The summed E-state index contributed by atoms with van der Waals surface area (Å²) < 4.78 is 4.82. The first-order chi connectivity index (χ1) is 13.0. The van der Waals surface area contributed by atoms with E-state index in [1.54, 1.807) is 12.1 Å². The van der Waals surface area contributed by atoms with E-state index in [0.717, 1.165) is 36.8 Å². The highest BCUT2D eigenvalue weighted by Crippen LogP contribution is 2.38. The maximum atomic E-state index is 12.5. The number of rotatable bonds is 5. The lowest BCUT2D eigenvalue weighted by Gasteiger charge is -2.10. The summed E-state index contributed by atoms with van der Waals surface area (Å²) >= 11 is 1.47. The Morgan fingerprint density at radius 2 is 1.93 bits per heavy atom. The third-order valence-corrected chi connectivity index (χ3v) is 5.76. The van der Waals surface area contributed by atoms with Crippen LogP contribution in [0.2, 0.25) is 0 Å². The molecule has 0 unspecified atom stereocenters. The van der Waals surface area contributed by atoms with Crippen molar-refractivity contribution >= 4 is 28.1 Å². The molecule has 0 amide bonds. The molecule has 0 saturated carbocycles. The van der Waals surface area contributed by atoms with Crippen molar-refractivity contribution in [1.82, 2.24) is 0 Å². The Kier molecular flexibility index (Phi) is 5.72. The predicted molar refractivity (Wildman–Crippen MR) is 105 cm³/mol. The number of benzene rings is 1. The van der Waals surface area contributed by atoms with E-state index in [-0.39, 0.29) is 11.5 Å². The number of ketones is 1. The second-order valence-corrected chi connectivity index (χ2v) is 7.54. The number of anilines is 1. The lowest BCUT2D eigenvalue weighted by molar-refractivity contribution is -0.135. The number of hydrogen-bond acceptors (Lipinski definition) is 6. The second-order valence-electron chi connectivity index (χ2n) is 6.43. The number of carbonyl (C=O) groups excluding carboxylic acids is 2. The number of ether oxygens (including phenoxy) is 1. The van der Waals surface area contributed by atoms with Gasteiger partial charge in [-0.3, -0.25) is 4.79 Å². The van der Waals surface area contributed by atoms with Crippen LogP contribution in [0.3, 0.4) is 0 Å². The zero-order valence-electron chi connectivity index (χ0n) is 15.3. The van der Waals surface area contributed by atoms with Crippen molar-refractivity contribution in [3.05, 3.63) is 63.2 Å². The maximum Gasteiger partial charge on any atom is 0.354 e. The normalized spacial score (nSPS) is 13.4. The van der Waals surface area contributed by atoms with E-state index in [2.05, 4.69) is 11.4 Å². The Morgan fingerprint density at radius 3 is 2.59 bits per heavy atom. The van der Waals surface area contributed by atoms with Crippen LogP contribution < -0.4 is 5.32 Å². The molecule has 2 aromatic rings. The number of thiophene rings is 1. The van der Waals surface area contributed by atoms with E-state index in [9.17, 15) is 14.9 Å². The molecule has 0 fully saturated rings. The van der Waals surface area contributed by atoms with Gasteiger partial charge in [-0.1, -0.05) is 29.8 Å². The van der Waals surface area contributed by atoms with Gasteiger partial charge < -0.3 is 10.1 Å². The van der Waals surface area contributed by atoms with Crippen LogP contribution in [0, 0.1) is 18.3 Å². The van der Waals surface area contributed by atoms with Gasteiger partial charge in [0.05, 0.1) is 12.7 Å². The second kappa shape index (κ2) is 8.19. The first-order valence-electron chi connectivity index (χ1n) is 8.76. The van der Waals surface area contributed by atoms with Gasteiger partial charge in [-0.2, -0.15) is 5.26 Å². The quantitative estimate of drug-likeness (QED) is 0.479. The van der Waals surface area contributed by atoms with Gasteiger partial charge in [0.2, 0.25) is 0 Å². The molecule has 1 aromatic heterocycles. The fourth-order valence-corrected chi connectivity index (χ4v) is 4.33. The summed E-state index contributed by atoms with van der Waals surface area (Å²) in [6.45, 7) is 1.94. The van der Waals surface area contributed by atoms with Crippen LogP contribution in [0.5, 0.6) is 0 Å². The van der Waals surface area contributed by atoms with Crippen LogP contribution >= 0.6 is 11.3 Å². The summed E-state index contributed by atoms with van der Waals surface area (Å²) in [4.78, 5) is 25.9. The Balaban J connectivity index is 1.94. The highest BCUT2D eigenvalue weighted by molar-refractivity contribution is 7.16. The number of nitrogens with zero attached hydrogens (tertiary/aromatic N) is 1. The fraction of sp³-hybridized carbons (Fsp3) is 0.286. The Labute approximate surface area is 162 Å². The van der Waals surface area contributed by atoms with Crippen molar-refractivity contribution in [3.63, 3.8) is 0 Å². The maximum absolute atomic E-state index is 12.5. The number of aryl methyl sites for hydroxylation is 2. The van der Waals surface area contributed by atoms with E-state index in [1.807, 2.05) is 19.1 Å². The van der Waals surface area contributed by atoms with Crippen molar-refractivity contribution in [2.24, 2.45) is 0 Å². The number of hydrogen-bond donors (Lipinski definition) is 1. The molecular weight excluding hydrogens is 360 g/mol. The van der Waals surface area contributed by atoms with Crippen LogP contribution in [0.4, 0.5) is 5.00 Å². The van der Waals surface area contributed by atoms with Crippen LogP contribution in [0.1, 0.15) is 44.8 Å². The van der Waals surface area contributed by atoms with E-state index in [1.165, 1.54) is 29.4 Å². The number of allylic oxidation sites excluding steroid dienone is 1. The van der Waals surface area contributed by atoms with Crippen LogP contribution in [0.15, 0.2) is 36.0 Å². The summed E-state index contributed by atoms with van der Waals surface area (Å²) in [7, 11) is 1.26. The van der Waals surface area contributed by atoms with Crippen molar-refractivity contribution in [1.29, 1.82) is 5.26 Å². The van der Waals surface area contributed by atoms with Gasteiger partial charge >= 0.3 is 5.97 Å². The molecule has 5 nitrogen and oxygen atoms in total. The molecule has 27 heavy (non-hydrogen) atoms.